The van der Waals surface area contributed by atoms with E-state index in [1.54, 1.807) is 24.5 Å². The molecular weight excluding hydrogens is 346 g/mol. The van der Waals surface area contributed by atoms with E-state index in [-0.39, 0.29) is 30.0 Å². The fraction of sp³-hybridized carbons (Fsp3) is 0.100. The van der Waals surface area contributed by atoms with Crippen LogP contribution in [0.25, 0.3) is 0 Å². The first kappa shape index (κ1) is 18.1. The maximum atomic E-state index is 12.4. The molecule has 27 heavy (non-hydrogen) atoms. The lowest BCUT2D eigenvalue weighted by molar-refractivity contribution is -0.385. The average molecular weight is 363 g/mol. The molecule has 2 aromatic carbocycles. The average Bonchev–Trinajstić information content (AvgIpc) is 2.72. The van der Waals surface area contributed by atoms with Gasteiger partial charge in [-0.2, -0.15) is 0 Å². The van der Waals surface area contributed by atoms with E-state index in [9.17, 15) is 14.9 Å². The third-order valence-corrected chi connectivity index (χ3v) is 3.90. The standard InChI is InChI=1S/C20H17N3O4/c24-19(14-27-18-9-5-4-8-17(18)23(25)26)22-20(15-6-2-1-3-7-15)16-10-12-21-13-11-16/h1-13,20H,14H2,(H,22,24)/t20-/m0/s1. The van der Waals surface area contributed by atoms with Gasteiger partial charge in [0.05, 0.1) is 11.0 Å². The van der Waals surface area contributed by atoms with Crippen LogP contribution in [0.1, 0.15) is 17.2 Å². The van der Waals surface area contributed by atoms with E-state index in [1.165, 1.54) is 12.1 Å². The fourth-order valence-corrected chi connectivity index (χ4v) is 2.64. The van der Waals surface area contributed by atoms with Crippen molar-refractivity contribution in [2.24, 2.45) is 0 Å². The Hall–Kier alpha value is -3.74. The molecule has 1 aromatic heterocycles. The van der Waals surface area contributed by atoms with Crippen molar-refractivity contribution in [2.45, 2.75) is 6.04 Å². The summed E-state index contributed by atoms with van der Waals surface area (Å²) in [6, 6.07) is 18.7. The Bertz CT molecular complexity index is 877. The van der Waals surface area contributed by atoms with Gasteiger partial charge in [-0.05, 0) is 29.3 Å². The van der Waals surface area contributed by atoms with Crippen LogP contribution in [0.2, 0.25) is 0 Å². The zero-order valence-corrected chi connectivity index (χ0v) is 14.3. The fourth-order valence-electron chi connectivity index (χ4n) is 2.64. The quantitative estimate of drug-likeness (QED) is 0.513. The predicted octanol–water partition coefficient (Wildman–Crippen LogP) is 3.27. The molecule has 0 saturated carbocycles. The van der Waals surface area contributed by atoms with E-state index in [2.05, 4.69) is 10.3 Å². The van der Waals surface area contributed by atoms with Crippen molar-refractivity contribution < 1.29 is 14.5 Å². The molecule has 3 rings (SSSR count). The van der Waals surface area contributed by atoms with Crippen LogP contribution < -0.4 is 10.1 Å². The van der Waals surface area contributed by atoms with Gasteiger partial charge >= 0.3 is 5.69 Å². The topological polar surface area (TPSA) is 94.4 Å². The summed E-state index contributed by atoms with van der Waals surface area (Å²) in [7, 11) is 0. The van der Waals surface area contributed by atoms with Crippen molar-refractivity contribution >= 4 is 11.6 Å². The zero-order chi connectivity index (χ0) is 19.1. The summed E-state index contributed by atoms with van der Waals surface area (Å²) in [6.07, 6.45) is 3.31. The molecule has 0 aliphatic carbocycles. The van der Waals surface area contributed by atoms with Gasteiger partial charge in [0.2, 0.25) is 0 Å². The van der Waals surface area contributed by atoms with Gasteiger partial charge in [-0.3, -0.25) is 19.9 Å². The molecule has 3 aromatic rings. The smallest absolute Gasteiger partial charge is 0.310 e. The molecule has 0 radical (unpaired) electrons. The van der Waals surface area contributed by atoms with Gasteiger partial charge in [0.1, 0.15) is 0 Å². The number of nitro groups is 1. The van der Waals surface area contributed by atoms with Crippen LogP contribution >= 0.6 is 0 Å². The molecule has 7 heteroatoms. The van der Waals surface area contributed by atoms with Gasteiger partial charge in [-0.15, -0.1) is 0 Å². The first-order valence-corrected chi connectivity index (χ1v) is 8.25. The number of aromatic nitrogens is 1. The van der Waals surface area contributed by atoms with Crippen molar-refractivity contribution in [2.75, 3.05) is 6.61 Å². The van der Waals surface area contributed by atoms with Crippen molar-refractivity contribution in [3.05, 3.63) is 100 Å². The minimum absolute atomic E-state index is 0.0535. The maximum Gasteiger partial charge on any atom is 0.310 e. The largest absolute Gasteiger partial charge is 0.477 e. The Morgan fingerprint density at radius 1 is 1.00 bits per heavy atom. The summed E-state index contributed by atoms with van der Waals surface area (Å²) < 4.78 is 5.37. The summed E-state index contributed by atoms with van der Waals surface area (Å²) in [5, 5.41) is 13.9. The van der Waals surface area contributed by atoms with E-state index in [0.717, 1.165) is 11.1 Å². The van der Waals surface area contributed by atoms with E-state index >= 15 is 0 Å². The molecule has 1 amide bonds. The zero-order valence-electron chi connectivity index (χ0n) is 14.3. The summed E-state index contributed by atoms with van der Waals surface area (Å²) >= 11 is 0. The number of hydrogen-bond acceptors (Lipinski definition) is 5. The molecule has 0 saturated heterocycles. The third kappa shape index (κ3) is 4.66. The summed E-state index contributed by atoms with van der Waals surface area (Å²) in [6.45, 7) is -0.334. The number of rotatable bonds is 7. The van der Waals surface area contributed by atoms with E-state index in [4.69, 9.17) is 4.74 Å². The number of amides is 1. The predicted molar refractivity (Wildman–Crippen MR) is 99.3 cm³/mol. The molecular formula is C20H17N3O4. The van der Waals surface area contributed by atoms with Crippen LogP contribution in [-0.2, 0) is 4.79 Å². The molecule has 0 bridgehead atoms. The minimum atomic E-state index is -0.545. The number of nitro benzene ring substituents is 1. The SMILES string of the molecule is O=C(COc1ccccc1[N+](=O)[O-])N[C@@H](c1ccccc1)c1ccncc1. The van der Waals surface area contributed by atoms with E-state index < -0.39 is 4.92 Å². The number of ether oxygens (including phenoxy) is 1. The molecule has 0 aliphatic rings. The van der Waals surface area contributed by atoms with E-state index in [0.29, 0.717) is 0 Å². The van der Waals surface area contributed by atoms with Gasteiger partial charge < -0.3 is 10.1 Å². The number of carbonyl (C=O) groups is 1. The summed E-state index contributed by atoms with van der Waals surface area (Å²) in [5.41, 5.74) is 1.59. The molecule has 7 nitrogen and oxygen atoms in total. The molecule has 1 atom stereocenters. The molecule has 0 aliphatic heterocycles. The van der Waals surface area contributed by atoms with Gasteiger partial charge in [-0.1, -0.05) is 42.5 Å². The monoisotopic (exact) mass is 363 g/mol. The number of para-hydroxylation sites is 2. The molecule has 0 unspecified atom stereocenters. The Morgan fingerprint density at radius 3 is 2.33 bits per heavy atom. The molecule has 0 fully saturated rings. The second-order valence-corrected chi connectivity index (χ2v) is 5.71. The second kappa shape index (κ2) is 8.57. The highest BCUT2D eigenvalue weighted by molar-refractivity contribution is 5.78. The highest BCUT2D eigenvalue weighted by atomic mass is 16.6. The van der Waals surface area contributed by atoms with Crippen molar-refractivity contribution in [3.63, 3.8) is 0 Å². The molecule has 0 spiro atoms. The van der Waals surface area contributed by atoms with Crippen LogP contribution in [0, 0.1) is 10.1 Å². The number of pyridine rings is 1. The van der Waals surface area contributed by atoms with Crippen molar-refractivity contribution in [1.82, 2.24) is 10.3 Å². The lowest BCUT2D eigenvalue weighted by atomic mass is 10.00. The minimum Gasteiger partial charge on any atom is -0.477 e. The molecule has 1 N–H and O–H groups in total. The molecule has 1 heterocycles. The summed E-state index contributed by atoms with van der Waals surface area (Å²) in [5.74, 6) is -0.336. The normalized spacial score (nSPS) is 11.4. The lowest BCUT2D eigenvalue weighted by Gasteiger charge is -2.19. The third-order valence-electron chi connectivity index (χ3n) is 3.90. The second-order valence-electron chi connectivity index (χ2n) is 5.71. The van der Waals surface area contributed by atoms with Gasteiger partial charge in [-0.25, -0.2) is 0 Å². The first-order valence-electron chi connectivity index (χ1n) is 8.25. The number of nitrogens with one attached hydrogen (secondary N) is 1. The Labute approximate surface area is 155 Å². The highest BCUT2D eigenvalue weighted by Crippen LogP contribution is 2.26. The van der Waals surface area contributed by atoms with Gasteiger partial charge in [0.25, 0.3) is 5.91 Å². The summed E-state index contributed by atoms with van der Waals surface area (Å²) in [4.78, 5) is 26.9. The maximum absolute atomic E-state index is 12.4. The number of carbonyl (C=O) groups excluding carboxylic acids is 1. The number of nitrogens with zero attached hydrogens (tertiary/aromatic N) is 2. The van der Waals surface area contributed by atoms with Crippen LogP contribution in [0.3, 0.4) is 0 Å². The van der Waals surface area contributed by atoms with Crippen LogP contribution in [0.4, 0.5) is 5.69 Å². The van der Waals surface area contributed by atoms with Crippen LogP contribution in [0.5, 0.6) is 5.75 Å². The van der Waals surface area contributed by atoms with Crippen LogP contribution in [-0.4, -0.2) is 22.4 Å². The van der Waals surface area contributed by atoms with Gasteiger partial charge in [0.15, 0.2) is 12.4 Å². The van der Waals surface area contributed by atoms with Crippen LogP contribution in [0.15, 0.2) is 79.1 Å². The van der Waals surface area contributed by atoms with E-state index in [1.807, 2.05) is 42.5 Å². The first-order chi connectivity index (χ1) is 13.1. The number of hydrogen-bond donors (Lipinski definition) is 1. The van der Waals surface area contributed by atoms with Crippen molar-refractivity contribution in [1.29, 1.82) is 0 Å². The Kier molecular flexibility index (Phi) is 5.73. The lowest BCUT2D eigenvalue weighted by Crippen LogP contribution is -2.33. The van der Waals surface area contributed by atoms with Crippen molar-refractivity contribution in [3.8, 4) is 5.75 Å². The number of benzene rings is 2. The Balaban J connectivity index is 1.73. The highest BCUT2D eigenvalue weighted by Gasteiger charge is 2.19. The Morgan fingerprint density at radius 2 is 1.63 bits per heavy atom. The van der Waals surface area contributed by atoms with Gasteiger partial charge in [0, 0.05) is 18.5 Å². The molecule has 136 valence electrons.